The number of aromatic nitrogens is 4. The average molecular weight is 388 g/mol. The molecule has 150 valence electrons. The van der Waals surface area contributed by atoms with Crippen molar-refractivity contribution in [3.8, 4) is 0 Å². The summed E-state index contributed by atoms with van der Waals surface area (Å²) in [5, 5.41) is 29.2. The highest BCUT2D eigenvalue weighted by atomic mass is 16.5. The van der Waals surface area contributed by atoms with Gasteiger partial charge in [-0.2, -0.15) is 10.2 Å². The van der Waals surface area contributed by atoms with Crippen LogP contribution in [0.15, 0.2) is 24.3 Å². The van der Waals surface area contributed by atoms with Gasteiger partial charge < -0.3 is 9.84 Å². The molecule has 0 aromatic carbocycles. The third kappa shape index (κ3) is 7.94. The molecular formula is C18H24N6O4. The molecule has 0 saturated heterocycles. The van der Waals surface area contributed by atoms with Crippen LogP contribution in [-0.4, -0.2) is 44.3 Å². The molecule has 0 saturated carbocycles. The van der Waals surface area contributed by atoms with Gasteiger partial charge in [0.25, 0.3) is 0 Å². The van der Waals surface area contributed by atoms with Crippen LogP contribution in [0.5, 0.6) is 0 Å². The summed E-state index contributed by atoms with van der Waals surface area (Å²) in [6.45, 7) is 2.41. The lowest BCUT2D eigenvalue weighted by molar-refractivity contribution is 0.159. The second-order valence-electron chi connectivity index (χ2n) is 6.07. The minimum Gasteiger partial charge on any atom is -0.465 e. The lowest BCUT2D eigenvalue weighted by Gasteiger charge is -2.06. The lowest BCUT2D eigenvalue weighted by Crippen LogP contribution is -2.15. The van der Waals surface area contributed by atoms with Crippen LogP contribution in [0, 0.1) is 0 Å². The van der Waals surface area contributed by atoms with Crippen LogP contribution in [0.2, 0.25) is 0 Å². The number of nitrogens with zero attached hydrogens (tertiary/aromatic N) is 4. The van der Waals surface area contributed by atoms with Gasteiger partial charge in [0.2, 0.25) is 0 Å². The molecule has 0 aliphatic heterocycles. The Labute approximate surface area is 162 Å². The number of carbonyl (C=O) groups is 2. The Bertz CT molecular complexity index is 752. The van der Waals surface area contributed by atoms with Gasteiger partial charge in [0.15, 0.2) is 11.6 Å². The molecule has 0 unspecified atom stereocenters. The molecule has 0 bridgehead atoms. The predicted octanol–water partition coefficient (Wildman–Crippen LogP) is 3.27. The molecule has 2 amide bonds. The summed E-state index contributed by atoms with van der Waals surface area (Å²) in [5.41, 5.74) is 1.63. The summed E-state index contributed by atoms with van der Waals surface area (Å²) in [7, 11) is 0. The summed E-state index contributed by atoms with van der Waals surface area (Å²) in [5.74, 6) is 0.560. The molecule has 2 rings (SSSR count). The third-order valence-electron chi connectivity index (χ3n) is 3.75. The van der Waals surface area contributed by atoms with Gasteiger partial charge in [-0.25, -0.2) is 9.59 Å². The number of nitrogens with one attached hydrogen (secondary N) is 2. The van der Waals surface area contributed by atoms with Crippen LogP contribution < -0.4 is 10.6 Å². The number of carboxylic acid groups (broad SMARTS) is 1. The number of hydrogen-bond acceptors (Lipinski definition) is 7. The third-order valence-corrected chi connectivity index (χ3v) is 3.75. The van der Waals surface area contributed by atoms with Gasteiger partial charge >= 0.3 is 12.2 Å². The number of aryl methyl sites for hydroxylation is 2. The van der Waals surface area contributed by atoms with Crippen molar-refractivity contribution in [3.63, 3.8) is 0 Å². The molecular weight excluding hydrogens is 364 g/mol. The Hall–Kier alpha value is -3.30. The van der Waals surface area contributed by atoms with Crippen molar-refractivity contribution in [3.05, 3.63) is 35.7 Å². The van der Waals surface area contributed by atoms with Crippen molar-refractivity contribution < 1.29 is 19.4 Å². The van der Waals surface area contributed by atoms with Crippen molar-refractivity contribution in [1.82, 2.24) is 20.4 Å². The summed E-state index contributed by atoms with van der Waals surface area (Å²) in [4.78, 5) is 22.1. The van der Waals surface area contributed by atoms with Crippen molar-refractivity contribution >= 4 is 23.8 Å². The smallest absolute Gasteiger partial charge is 0.412 e. The first kappa shape index (κ1) is 21.0. The van der Waals surface area contributed by atoms with E-state index in [4.69, 9.17) is 9.84 Å². The molecule has 0 spiro atoms. The quantitative estimate of drug-likeness (QED) is 0.527. The Balaban J connectivity index is 1.67. The van der Waals surface area contributed by atoms with Gasteiger partial charge in [-0.15, -0.1) is 10.2 Å². The fourth-order valence-corrected chi connectivity index (χ4v) is 2.29. The number of unbranched alkanes of at least 4 members (excludes halogenated alkanes) is 2. The van der Waals surface area contributed by atoms with E-state index < -0.39 is 12.2 Å². The molecule has 3 N–H and O–H groups in total. The number of anilines is 2. The monoisotopic (exact) mass is 388 g/mol. The van der Waals surface area contributed by atoms with E-state index in [9.17, 15) is 9.59 Å². The maximum absolute atomic E-state index is 11.5. The van der Waals surface area contributed by atoms with Gasteiger partial charge in [-0.05, 0) is 56.4 Å². The van der Waals surface area contributed by atoms with E-state index in [1.807, 2.05) is 13.0 Å². The van der Waals surface area contributed by atoms with Gasteiger partial charge in [0.1, 0.15) is 0 Å². The topological polar surface area (TPSA) is 139 Å². The van der Waals surface area contributed by atoms with Crippen LogP contribution in [-0.2, 0) is 17.6 Å². The second-order valence-corrected chi connectivity index (χ2v) is 6.07. The molecule has 0 atom stereocenters. The highest BCUT2D eigenvalue weighted by Crippen LogP contribution is 2.09. The molecule has 0 aliphatic carbocycles. The largest absolute Gasteiger partial charge is 0.465 e. The zero-order valence-corrected chi connectivity index (χ0v) is 15.7. The Morgan fingerprint density at radius 2 is 1.46 bits per heavy atom. The molecule has 0 aliphatic rings. The highest BCUT2D eigenvalue weighted by Gasteiger charge is 2.05. The Kier molecular flexibility index (Phi) is 8.57. The van der Waals surface area contributed by atoms with Crippen molar-refractivity contribution in [2.75, 3.05) is 17.2 Å². The highest BCUT2D eigenvalue weighted by molar-refractivity contribution is 5.83. The number of rotatable bonds is 10. The van der Waals surface area contributed by atoms with E-state index in [0.29, 0.717) is 12.4 Å². The first-order valence-corrected chi connectivity index (χ1v) is 9.15. The first-order valence-electron chi connectivity index (χ1n) is 9.15. The SMILES string of the molecule is CCCCOC(=O)Nc1ccc(CCCCc2ccc(NC(=O)O)nn2)nn1. The van der Waals surface area contributed by atoms with Crippen LogP contribution in [0.3, 0.4) is 0 Å². The molecule has 0 fully saturated rings. The summed E-state index contributed by atoms with van der Waals surface area (Å²) >= 11 is 0. The molecule has 28 heavy (non-hydrogen) atoms. The maximum Gasteiger partial charge on any atom is 0.412 e. The Morgan fingerprint density at radius 3 is 1.93 bits per heavy atom. The van der Waals surface area contributed by atoms with Crippen molar-refractivity contribution in [2.24, 2.45) is 0 Å². The zero-order chi connectivity index (χ0) is 20.2. The zero-order valence-electron chi connectivity index (χ0n) is 15.7. The number of hydrogen-bond donors (Lipinski definition) is 3. The molecule has 10 heteroatoms. The van der Waals surface area contributed by atoms with Crippen molar-refractivity contribution in [2.45, 2.75) is 45.4 Å². The van der Waals surface area contributed by atoms with Gasteiger partial charge in [-0.1, -0.05) is 13.3 Å². The fourth-order valence-electron chi connectivity index (χ4n) is 2.29. The molecule has 2 aromatic rings. The number of carbonyl (C=O) groups excluding carboxylic acids is 1. The minimum absolute atomic E-state index is 0.203. The number of amides is 2. The van der Waals surface area contributed by atoms with Crippen LogP contribution in [0.4, 0.5) is 21.2 Å². The first-order chi connectivity index (χ1) is 13.6. The van der Waals surface area contributed by atoms with E-state index >= 15 is 0 Å². The standard InChI is InChI=1S/C18H24N6O4/c1-2-3-12-28-18(27)20-16-11-9-14(22-24-16)7-5-4-6-13-8-10-15(23-21-13)19-17(25)26/h8-11H,2-7,12H2,1H3,(H,19,23)(H,25,26)(H,20,24,27). The Morgan fingerprint density at radius 1 is 0.893 bits per heavy atom. The van der Waals surface area contributed by atoms with E-state index in [1.165, 1.54) is 0 Å². The van der Waals surface area contributed by atoms with E-state index in [0.717, 1.165) is 49.9 Å². The van der Waals surface area contributed by atoms with E-state index in [2.05, 4.69) is 31.0 Å². The van der Waals surface area contributed by atoms with Gasteiger partial charge in [0, 0.05) is 0 Å². The van der Waals surface area contributed by atoms with E-state index in [-0.39, 0.29) is 5.82 Å². The van der Waals surface area contributed by atoms with E-state index in [1.54, 1.807) is 18.2 Å². The second kappa shape index (κ2) is 11.4. The predicted molar refractivity (Wildman–Crippen MR) is 102 cm³/mol. The lowest BCUT2D eigenvalue weighted by atomic mass is 10.1. The molecule has 2 heterocycles. The van der Waals surface area contributed by atoms with Crippen molar-refractivity contribution in [1.29, 1.82) is 0 Å². The summed E-state index contributed by atoms with van der Waals surface area (Å²) < 4.78 is 5.00. The van der Waals surface area contributed by atoms with Crippen LogP contribution in [0.1, 0.15) is 44.0 Å². The van der Waals surface area contributed by atoms with Crippen LogP contribution >= 0.6 is 0 Å². The van der Waals surface area contributed by atoms with Gasteiger partial charge in [-0.3, -0.25) is 10.6 Å². The molecule has 10 nitrogen and oxygen atoms in total. The minimum atomic E-state index is -1.17. The molecule has 0 radical (unpaired) electrons. The average Bonchev–Trinajstić information content (AvgIpc) is 2.67. The summed E-state index contributed by atoms with van der Waals surface area (Å²) in [6, 6.07) is 6.85. The van der Waals surface area contributed by atoms with Crippen LogP contribution in [0.25, 0.3) is 0 Å². The maximum atomic E-state index is 11.5. The van der Waals surface area contributed by atoms with Gasteiger partial charge in [0.05, 0.1) is 18.0 Å². The summed E-state index contributed by atoms with van der Waals surface area (Å²) in [6.07, 6.45) is 3.34. The fraction of sp³-hybridized carbons (Fsp3) is 0.444. The molecule has 2 aromatic heterocycles. The number of ether oxygens (including phenoxy) is 1. The normalized spacial score (nSPS) is 10.3.